The van der Waals surface area contributed by atoms with Crippen LogP contribution in [0.15, 0.2) is 24.3 Å². The number of hydrogen-bond acceptors (Lipinski definition) is 2. The average molecular weight is 188 g/mol. The van der Waals surface area contributed by atoms with Crippen LogP contribution in [0.25, 0.3) is 0 Å². The van der Waals surface area contributed by atoms with E-state index in [1.54, 1.807) is 6.07 Å². The standard InChI is InChI=1S/C12H16N2/c1-2-3-7-12(14)11-6-4-5-10(8-11)9-13/h4-6,8,12H,2-3,7,14H2,1H3/t12-/m1/s1. The van der Waals surface area contributed by atoms with Gasteiger partial charge < -0.3 is 5.73 Å². The molecule has 1 aromatic carbocycles. The smallest absolute Gasteiger partial charge is 0.0991 e. The molecule has 1 atom stereocenters. The van der Waals surface area contributed by atoms with Crippen molar-refractivity contribution in [2.24, 2.45) is 5.73 Å². The van der Waals surface area contributed by atoms with E-state index in [1.807, 2.05) is 18.2 Å². The van der Waals surface area contributed by atoms with E-state index in [1.165, 1.54) is 0 Å². The Morgan fingerprint density at radius 1 is 1.50 bits per heavy atom. The van der Waals surface area contributed by atoms with Crippen LogP contribution < -0.4 is 5.73 Å². The highest BCUT2D eigenvalue weighted by Gasteiger charge is 2.05. The van der Waals surface area contributed by atoms with Crippen molar-refractivity contribution in [1.82, 2.24) is 0 Å². The van der Waals surface area contributed by atoms with Crippen molar-refractivity contribution in [2.45, 2.75) is 32.2 Å². The molecule has 14 heavy (non-hydrogen) atoms. The predicted molar refractivity (Wildman–Crippen MR) is 57.6 cm³/mol. The zero-order chi connectivity index (χ0) is 10.4. The number of nitrogens with zero attached hydrogens (tertiary/aromatic N) is 1. The lowest BCUT2D eigenvalue weighted by molar-refractivity contribution is 0.603. The maximum atomic E-state index is 8.73. The SMILES string of the molecule is CCCC[C@@H](N)c1cccc(C#N)c1. The Kier molecular flexibility index (Phi) is 4.15. The van der Waals surface area contributed by atoms with Gasteiger partial charge in [0.2, 0.25) is 0 Å². The van der Waals surface area contributed by atoms with Crippen molar-refractivity contribution < 1.29 is 0 Å². The van der Waals surface area contributed by atoms with Crippen LogP contribution in [-0.4, -0.2) is 0 Å². The van der Waals surface area contributed by atoms with Crippen LogP contribution in [0.1, 0.15) is 43.4 Å². The second-order valence-electron chi connectivity index (χ2n) is 3.49. The predicted octanol–water partition coefficient (Wildman–Crippen LogP) is 2.75. The molecule has 1 rings (SSSR count). The first-order valence-corrected chi connectivity index (χ1v) is 5.03. The number of nitriles is 1. The summed E-state index contributed by atoms with van der Waals surface area (Å²) in [5, 5.41) is 8.73. The molecule has 0 aliphatic heterocycles. The Balaban J connectivity index is 2.70. The summed E-state index contributed by atoms with van der Waals surface area (Å²) in [6, 6.07) is 9.75. The van der Waals surface area contributed by atoms with Gasteiger partial charge in [-0.15, -0.1) is 0 Å². The van der Waals surface area contributed by atoms with E-state index >= 15 is 0 Å². The summed E-state index contributed by atoms with van der Waals surface area (Å²) < 4.78 is 0. The van der Waals surface area contributed by atoms with Gasteiger partial charge in [-0.1, -0.05) is 31.9 Å². The monoisotopic (exact) mass is 188 g/mol. The van der Waals surface area contributed by atoms with Gasteiger partial charge >= 0.3 is 0 Å². The second kappa shape index (κ2) is 5.41. The summed E-state index contributed by atoms with van der Waals surface area (Å²) in [7, 11) is 0. The van der Waals surface area contributed by atoms with Gasteiger partial charge in [0.15, 0.2) is 0 Å². The highest BCUT2D eigenvalue weighted by atomic mass is 14.6. The summed E-state index contributed by atoms with van der Waals surface area (Å²) >= 11 is 0. The first-order chi connectivity index (χ1) is 6.77. The Hall–Kier alpha value is -1.33. The van der Waals surface area contributed by atoms with E-state index in [0.717, 1.165) is 24.8 Å². The van der Waals surface area contributed by atoms with Gasteiger partial charge in [0.25, 0.3) is 0 Å². The molecule has 2 nitrogen and oxygen atoms in total. The Morgan fingerprint density at radius 2 is 2.29 bits per heavy atom. The van der Waals surface area contributed by atoms with Crippen LogP contribution >= 0.6 is 0 Å². The second-order valence-corrected chi connectivity index (χ2v) is 3.49. The van der Waals surface area contributed by atoms with Gasteiger partial charge in [-0.3, -0.25) is 0 Å². The first kappa shape index (κ1) is 10.7. The van der Waals surface area contributed by atoms with Gasteiger partial charge in [0.05, 0.1) is 11.6 Å². The van der Waals surface area contributed by atoms with Gasteiger partial charge in [-0.2, -0.15) is 5.26 Å². The number of hydrogen-bond donors (Lipinski definition) is 1. The molecule has 0 amide bonds. The third kappa shape index (κ3) is 2.86. The molecule has 0 saturated heterocycles. The molecule has 0 heterocycles. The van der Waals surface area contributed by atoms with E-state index in [9.17, 15) is 0 Å². The number of benzene rings is 1. The minimum absolute atomic E-state index is 0.0725. The highest BCUT2D eigenvalue weighted by molar-refractivity contribution is 5.34. The molecule has 74 valence electrons. The van der Waals surface area contributed by atoms with Crippen molar-refractivity contribution in [3.63, 3.8) is 0 Å². The molecule has 0 aromatic heterocycles. The fourth-order valence-corrected chi connectivity index (χ4v) is 1.43. The zero-order valence-electron chi connectivity index (χ0n) is 8.53. The van der Waals surface area contributed by atoms with E-state index < -0.39 is 0 Å². The van der Waals surface area contributed by atoms with Crippen LogP contribution in [0.3, 0.4) is 0 Å². The van der Waals surface area contributed by atoms with E-state index in [-0.39, 0.29) is 6.04 Å². The van der Waals surface area contributed by atoms with E-state index in [4.69, 9.17) is 11.0 Å². The maximum Gasteiger partial charge on any atom is 0.0991 e. The number of rotatable bonds is 4. The summed E-state index contributed by atoms with van der Waals surface area (Å²) in [6.45, 7) is 2.15. The molecule has 0 radical (unpaired) electrons. The van der Waals surface area contributed by atoms with Gasteiger partial charge in [-0.05, 0) is 24.1 Å². The first-order valence-electron chi connectivity index (χ1n) is 5.03. The largest absolute Gasteiger partial charge is 0.324 e. The Bertz CT molecular complexity index is 325. The fourth-order valence-electron chi connectivity index (χ4n) is 1.43. The van der Waals surface area contributed by atoms with Crippen LogP contribution in [0.2, 0.25) is 0 Å². The summed E-state index contributed by atoms with van der Waals surface area (Å²) in [6.07, 6.45) is 3.29. The molecule has 0 spiro atoms. The molecular weight excluding hydrogens is 172 g/mol. The van der Waals surface area contributed by atoms with Gasteiger partial charge in [0.1, 0.15) is 0 Å². The lowest BCUT2D eigenvalue weighted by Gasteiger charge is -2.11. The van der Waals surface area contributed by atoms with Gasteiger partial charge in [-0.25, -0.2) is 0 Å². The fraction of sp³-hybridized carbons (Fsp3) is 0.417. The van der Waals surface area contributed by atoms with Crippen LogP contribution in [0, 0.1) is 11.3 Å². The molecule has 1 aromatic rings. The van der Waals surface area contributed by atoms with Crippen molar-refractivity contribution in [2.75, 3.05) is 0 Å². The zero-order valence-corrected chi connectivity index (χ0v) is 8.53. The maximum absolute atomic E-state index is 8.73. The number of unbranched alkanes of at least 4 members (excludes halogenated alkanes) is 1. The minimum Gasteiger partial charge on any atom is -0.324 e. The number of nitrogens with two attached hydrogens (primary N) is 1. The molecule has 0 saturated carbocycles. The normalized spacial score (nSPS) is 12.1. The van der Waals surface area contributed by atoms with Crippen molar-refractivity contribution in [3.05, 3.63) is 35.4 Å². The van der Waals surface area contributed by atoms with Gasteiger partial charge in [0, 0.05) is 6.04 Å². The average Bonchev–Trinajstić information content (AvgIpc) is 2.26. The molecule has 2 heteroatoms. The lowest BCUT2D eigenvalue weighted by Crippen LogP contribution is -2.09. The van der Waals surface area contributed by atoms with Crippen LogP contribution in [0.5, 0.6) is 0 Å². The molecule has 0 aliphatic rings. The summed E-state index contributed by atoms with van der Waals surface area (Å²) in [5.74, 6) is 0. The summed E-state index contributed by atoms with van der Waals surface area (Å²) in [4.78, 5) is 0. The third-order valence-electron chi connectivity index (χ3n) is 2.31. The Morgan fingerprint density at radius 3 is 2.93 bits per heavy atom. The highest BCUT2D eigenvalue weighted by Crippen LogP contribution is 2.17. The van der Waals surface area contributed by atoms with Crippen molar-refractivity contribution in [1.29, 1.82) is 5.26 Å². The van der Waals surface area contributed by atoms with Crippen molar-refractivity contribution in [3.8, 4) is 6.07 Å². The third-order valence-corrected chi connectivity index (χ3v) is 2.31. The van der Waals surface area contributed by atoms with Crippen LogP contribution in [-0.2, 0) is 0 Å². The molecule has 0 unspecified atom stereocenters. The minimum atomic E-state index is 0.0725. The molecule has 0 fully saturated rings. The van der Waals surface area contributed by atoms with Crippen LogP contribution in [0.4, 0.5) is 0 Å². The van der Waals surface area contributed by atoms with Crippen molar-refractivity contribution >= 4 is 0 Å². The summed E-state index contributed by atoms with van der Waals surface area (Å²) in [5.41, 5.74) is 7.75. The topological polar surface area (TPSA) is 49.8 Å². The quantitative estimate of drug-likeness (QED) is 0.789. The molecule has 0 aliphatic carbocycles. The molecule has 0 bridgehead atoms. The van der Waals surface area contributed by atoms with E-state index in [2.05, 4.69) is 13.0 Å². The molecular formula is C12H16N2. The van der Waals surface area contributed by atoms with E-state index in [0.29, 0.717) is 5.56 Å². The lowest BCUT2D eigenvalue weighted by atomic mass is 10.0. The molecule has 2 N–H and O–H groups in total. The Labute approximate surface area is 85.4 Å².